The number of hydrogen-bond acceptors (Lipinski definition) is 7. The summed E-state index contributed by atoms with van der Waals surface area (Å²) in [6.07, 6.45) is 4.22. The van der Waals surface area contributed by atoms with Crippen LogP contribution in [0.3, 0.4) is 0 Å². The number of nitrogens with two attached hydrogens (primary N) is 1. The van der Waals surface area contributed by atoms with Crippen LogP contribution >= 0.6 is 0 Å². The average molecular weight is 376 g/mol. The highest BCUT2D eigenvalue weighted by Gasteiger charge is 2.28. The first-order chi connectivity index (χ1) is 13.0. The first-order valence-corrected chi connectivity index (χ1v) is 8.39. The molecule has 144 valence electrons. The molecular weight excluding hydrogens is 355 g/mol. The molecule has 0 bridgehead atoms. The van der Waals surface area contributed by atoms with Gasteiger partial charge in [-0.25, -0.2) is 0 Å². The number of nitrogens with zero attached hydrogens (tertiary/aromatic N) is 4. The quantitative estimate of drug-likeness (QED) is 0.584. The third-order valence-electron chi connectivity index (χ3n) is 4.30. The van der Waals surface area contributed by atoms with Crippen LogP contribution in [-0.2, 0) is 4.74 Å². The summed E-state index contributed by atoms with van der Waals surface area (Å²) < 4.78 is 25.8. The van der Waals surface area contributed by atoms with Crippen LogP contribution in [-0.4, -0.2) is 54.3 Å². The van der Waals surface area contributed by atoms with Gasteiger partial charge in [0.15, 0.2) is 5.82 Å². The summed E-state index contributed by atoms with van der Waals surface area (Å²) in [5, 5.41) is 7.36. The van der Waals surface area contributed by atoms with Gasteiger partial charge in [0.2, 0.25) is 11.8 Å². The summed E-state index contributed by atoms with van der Waals surface area (Å²) in [4.78, 5) is 19.6. The summed E-state index contributed by atoms with van der Waals surface area (Å²) in [6, 6.07) is 2.53. The summed E-state index contributed by atoms with van der Waals surface area (Å²) in [7, 11) is 3.09. The van der Waals surface area contributed by atoms with Crippen molar-refractivity contribution >= 4 is 23.6 Å². The lowest BCUT2D eigenvalue weighted by atomic mass is 9.96. The molecule has 1 fully saturated rings. The van der Waals surface area contributed by atoms with Gasteiger partial charge in [-0.2, -0.15) is 14.5 Å². The van der Waals surface area contributed by atoms with Gasteiger partial charge in [0.1, 0.15) is 5.56 Å². The van der Waals surface area contributed by atoms with Crippen molar-refractivity contribution < 1.29 is 18.7 Å². The maximum Gasteiger partial charge on any atom is 0.254 e. The number of carbonyl (C=O) groups excluding carboxylic acids is 1. The molecule has 3 rings (SSSR count). The number of anilines is 2. The molecule has 1 amide bonds. The minimum Gasteiger partial charge on any atom is -0.481 e. The van der Waals surface area contributed by atoms with Crippen LogP contribution in [0.4, 0.5) is 15.9 Å². The van der Waals surface area contributed by atoms with Crippen molar-refractivity contribution in [2.45, 2.75) is 12.5 Å². The fraction of sp³-hybridized carbons (Fsp3) is 0.412. The Morgan fingerprint density at radius 3 is 3.07 bits per heavy atom. The van der Waals surface area contributed by atoms with Crippen LogP contribution in [0.15, 0.2) is 23.3 Å². The molecule has 3 heterocycles. The summed E-state index contributed by atoms with van der Waals surface area (Å²) in [5.74, 6) is -0.944. The van der Waals surface area contributed by atoms with Gasteiger partial charge < -0.3 is 25.5 Å². The van der Waals surface area contributed by atoms with Crippen LogP contribution in [0.1, 0.15) is 22.8 Å². The Morgan fingerprint density at radius 1 is 1.56 bits per heavy atom. The summed E-state index contributed by atoms with van der Waals surface area (Å²) in [5.41, 5.74) is 6.01. The highest BCUT2D eigenvalue weighted by Crippen LogP contribution is 2.28. The van der Waals surface area contributed by atoms with E-state index < -0.39 is 11.9 Å². The monoisotopic (exact) mass is 376 g/mol. The lowest BCUT2D eigenvalue weighted by Crippen LogP contribution is -2.31. The Kier molecular flexibility index (Phi) is 5.65. The number of ether oxygens (including phenoxy) is 2. The van der Waals surface area contributed by atoms with E-state index in [1.165, 1.54) is 19.2 Å². The number of carbonyl (C=O) groups is 1. The van der Waals surface area contributed by atoms with E-state index in [2.05, 4.69) is 20.4 Å². The SMILES string of the molecule is CN=C[C@H]1CCOC[C@@H]1n1cc(C(N)=O)c(Nc2cc(F)nc(OC)c2)n1. The topological polar surface area (TPSA) is 117 Å². The van der Waals surface area contributed by atoms with Crippen molar-refractivity contribution in [3.8, 4) is 5.88 Å². The third kappa shape index (κ3) is 4.22. The molecule has 0 aromatic carbocycles. The highest BCUT2D eigenvalue weighted by molar-refractivity contribution is 5.98. The number of halogens is 1. The number of nitrogens with one attached hydrogen (secondary N) is 1. The van der Waals surface area contributed by atoms with Gasteiger partial charge in [-0.1, -0.05) is 0 Å². The number of aliphatic imine (C=N–C) groups is 1. The molecule has 1 saturated heterocycles. The lowest BCUT2D eigenvalue weighted by Gasteiger charge is -2.29. The zero-order chi connectivity index (χ0) is 19.4. The number of rotatable bonds is 6. The van der Waals surface area contributed by atoms with Crippen molar-refractivity contribution in [3.05, 3.63) is 29.8 Å². The van der Waals surface area contributed by atoms with Gasteiger partial charge in [0, 0.05) is 49.8 Å². The molecule has 2 aromatic rings. The molecule has 0 spiro atoms. The largest absolute Gasteiger partial charge is 0.481 e. The van der Waals surface area contributed by atoms with Crippen LogP contribution in [0, 0.1) is 11.9 Å². The van der Waals surface area contributed by atoms with Crippen molar-refractivity contribution in [3.63, 3.8) is 0 Å². The summed E-state index contributed by atoms with van der Waals surface area (Å²) >= 11 is 0. The van der Waals surface area contributed by atoms with Crippen molar-refractivity contribution in [2.75, 3.05) is 32.7 Å². The molecule has 27 heavy (non-hydrogen) atoms. The minimum atomic E-state index is -0.725. The van der Waals surface area contributed by atoms with Gasteiger partial charge in [-0.05, 0) is 6.42 Å². The molecule has 2 aromatic heterocycles. The number of aromatic nitrogens is 3. The molecule has 2 atom stereocenters. The smallest absolute Gasteiger partial charge is 0.254 e. The van der Waals surface area contributed by atoms with E-state index >= 15 is 0 Å². The van der Waals surface area contributed by atoms with Crippen molar-refractivity contribution in [2.24, 2.45) is 16.6 Å². The Balaban J connectivity index is 1.94. The second-order valence-corrected chi connectivity index (χ2v) is 6.08. The molecule has 9 nitrogen and oxygen atoms in total. The molecular formula is C17H21FN6O3. The fourth-order valence-corrected chi connectivity index (χ4v) is 3.00. The number of methoxy groups -OCH3 is 1. The molecule has 1 aliphatic rings. The standard InChI is InChI=1S/C17H21FN6O3/c1-20-7-10-3-4-27-9-13(10)24-8-12(16(19)25)17(23-24)21-11-5-14(18)22-15(6-11)26-2/h5-8,10,13H,3-4,9H2,1-2H3,(H2,19,25)(H,21,22,23)/t10-,13+/m1/s1. The minimum absolute atomic E-state index is 0.0949. The first-order valence-electron chi connectivity index (χ1n) is 8.39. The van der Waals surface area contributed by atoms with E-state index in [1.807, 2.05) is 6.21 Å². The lowest BCUT2D eigenvalue weighted by molar-refractivity contribution is 0.0385. The zero-order valence-electron chi connectivity index (χ0n) is 15.1. The number of primary amides is 1. The number of pyridine rings is 1. The molecule has 0 radical (unpaired) electrons. The van der Waals surface area contributed by atoms with Crippen molar-refractivity contribution in [1.82, 2.24) is 14.8 Å². The van der Waals surface area contributed by atoms with Gasteiger partial charge >= 0.3 is 0 Å². The fourth-order valence-electron chi connectivity index (χ4n) is 3.00. The Labute approximate surface area is 155 Å². The number of amides is 1. The molecule has 1 aliphatic heterocycles. The number of hydrogen-bond donors (Lipinski definition) is 2. The van der Waals surface area contributed by atoms with E-state index in [0.717, 1.165) is 6.42 Å². The normalized spacial score (nSPS) is 20.0. The van der Waals surface area contributed by atoms with Gasteiger partial charge in [0.25, 0.3) is 5.91 Å². The van der Waals surface area contributed by atoms with Gasteiger partial charge in [0.05, 0.1) is 19.8 Å². The second kappa shape index (κ2) is 8.12. The van der Waals surface area contributed by atoms with E-state index in [1.54, 1.807) is 17.9 Å². The second-order valence-electron chi connectivity index (χ2n) is 6.08. The first kappa shape index (κ1) is 18.8. The maximum atomic E-state index is 13.6. The zero-order valence-corrected chi connectivity index (χ0v) is 15.1. The molecule has 10 heteroatoms. The Hall–Kier alpha value is -3.01. The van der Waals surface area contributed by atoms with Crippen LogP contribution in [0.25, 0.3) is 0 Å². The van der Waals surface area contributed by atoms with Crippen LogP contribution in [0.2, 0.25) is 0 Å². The van der Waals surface area contributed by atoms with Gasteiger partial charge in [-0.15, -0.1) is 0 Å². The van der Waals surface area contributed by atoms with E-state index in [-0.39, 0.29) is 29.2 Å². The summed E-state index contributed by atoms with van der Waals surface area (Å²) in [6.45, 7) is 1.08. The van der Waals surface area contributed by atoms with Crippen LogP contribution < -0.4 is 15.8 Å². The molecule has 3 N–H and O–H groups in total. The van der Waals surface area contributed by atoms with Crippen molar-refractivity contribution in [1.29, 1.82) is 0 Å². The van der Waals surface area contributed by atoms with E-state index in [0.29, 0.717) is 18.9 Å². The Morgan fingerprint density at radius 2 is 2.37 bits per heavy atom. The maximum absolute atomic E-state index is 13.6. The van der Waals surface area contributed by atoms with E-state index in [4.69, 9.17) is 15.2 Å². The van der Waals surface area contributed by atoms with Gasteiger partial charge in [-0.3, -0.25) is 9.48 Å². The molecule has 0 aliphatic carbocycles. The van der Waals surface area contributed by atoms with E-state index in [9.17, 15) is 9.18 Å². The predicted octanol–water partition coefficient (Wildman–Crippen LogP) is 1.55. The molecule has 0 saturated carbocycles. The Bertz CT molecular complexity index is 853. The molecule has 0 unspecified atom stereocenters. The predicted molar refractivity (Wildman–Crippen MR) is 97.2 cm³/mol. The highest BCUT2D eigenvalue weighted by atomic mass is 19.1. The average Bonchev–Trinajstić information content (AvgIpc) is 3.05. The third-order valence-corrected chi connectivity index (χ3v) is 4.30. The van der Waals surface area contributed by atoms with Crippen LogP contribution in [0.5, 0.6) is 5.88 Å².